The van der Waals surface area contributed by atoms with Gasteiger partial charge in [0, 0.05) is 0 Å². The molecule has 16 heavy (non-hydrogen) atoms. The van der Waals surface area contributed by atoms with E-state index < -0.39 is 0 Å². The zero-order valence-electron chi connectivity index (χ0n) is 10.3. The molecule has 1 spiro atoms. The van der Waals surface area contributed by atoms with E-state index >= 15 is 0 Å². The van der Waals surface area contributed by atoms with E-state index in [1.54, 1.807) is 0 Å². The predicted octanol–water partition coefficient (Wildman–Crippen LogP) is 3.00. The molecule has 2 heteroatoms. The van der Waals surface area contributed by atoms with E-state index in [2.05, 4.69) is 0 Å². The fraction of sp³-hybridized carbons (Fsp3) is 1.00. The number of hydrogen-bond donors (Lipinski definition) is 1. The second kappa shape index (κ2) is 3.99. The third kappa shape index (κ3) is 1.80. The maximum Gasteiger partial charge on any atom is 0.0687 e. The van der Waals surface area contributed by atoms with Gasteiger partial charge in [0.1, 0.15) is 0 Å². The van der Waals surface area contributed by atoms with Gasteiger partial charge in [-0.2, -0.15) is 0 Å². The van der Waals surface area contributed by atoms with Gasteiger partial charge in [0.05, 0.1) is 11.7 Å². The second-order valence-electron chi connectivity index (χ2n) is 6.43. The van der Waals surface area contributed by atoms with Gasteiger partial charge in [0.15, 0.2) is 0 Å². The van der Waals surface area contributed by atoms with Gasteiger partial charge in [0.2, 0.25) is 0 Å². The highest BCUT2D eigenvalue weighted by atomic mass is 16.5. The Morgan fingerprint density at radius 1 is 1.00 bits per heavy atom. The van der Waals surface area contributed by atoms with Gasteiger partial charge in [-0.15, -0.1) is 0 Å². The van der Waals surface area contributed by atoms with Crippen LogP contribution in [0, 0.1) is 5.41 Å². The first-order valence-electron chi connectivity index (χ1n) is 7.14. The number of nitrogens with two attached hydrogens (primary N) is 1. The minimum absolute atomic E-state index is 0.310. The molecule has 1 atom stereocenters. The molecule has 0 amide bonds. The fourth-order valence-electron chi connectivity index (χ4n) is 4.08. The lowest BCUT2D eigenvalue weighted by Crippen LogP contribution is -2.40. The van der Waals surface area contributed by atoms with Gasteiger partial charge in [-0.05, 0) is 56.9 Å². The van der Waals surface area contributed by atoms with Gasteiger partial charge in [-0.3, -0.25) is 0 Å². The Morgan fingerprint density at radius 2 is 1.75 bits per heavy atom. The molecule has 2 aliphatic carbocycles. The van der Waals surface area contributed by atoms with E-state index in [-0.39, 0.29) is 0 Å². The molecule has 3 aliphatic rings. The van der Waals surface area contributed by atoms with Crippen LogP contribution in [0.1, 0.15) is 64.2 Å². The summed E-state index contributed by atoms with van der Waals surface area (Å²) in [5.74, 6) is 0. The molecule has 3 fully saturated rings. The molecule has 0 aromatic rings. The predicted molar refractivity (Wildman–Crippen MR) is 65.3 cm³/mol. The SMILES string of the molecule is NCC1(CC2CCC3(CCCC3)O2)CCC1. The summed E-state index contributed by atoms with van der Waals surface area (Å²) in [4.78, 5) is 0. The van der Waals surface area contributed by atoms with E-state index in [0.717, 1.165) is 6.54 Å². The Morgan fingerprint density at radius 3 is 2.31 bits per heavy atom. The molecule has 0 aromatic heterocycles. The van der Waals surface area contributed by atoms with Crippen molar-refractivity contribution in [3.8, 4) is 0 Å². The van der Waals surface area contributed by atoms with E-state index in [1.165, 1.54) is 64.2 Å². The summed E-state index contributed by atoms with van der Waals surface area (Å²) >= 11 is 0. The molecule has 1 unspecified atom stereocenters. The Bertz CT molecular complexity index is 248. The smallest absolute Gasteiger partial charge is 0.0687 e. The van der Waals surface area contributed by atoms with Gasteiger partial charge >= 0.3 is 0 Å². The van der Waals surface area contributed by atoms with E-state index in [0.29, 0.717) is 17.1 Å². The van der Waals surface area contributed by atoms with E-state index in [9.17, 15) is 0 Å². The van der Waals surface area contributed by atoms with Crippen LogP contribution in [0.25, 0.3) is 0 Å². The van der Waals surface area contributed by atoms with Crippen molar-refractivity contribution < 1.29 is 4.74 Å². The van der Waals surface area contributed by atoms with Gasteiger partial charge in [0.25, 0.3) is 0 Å². The molecule has 2 N–H and O–H groups in total. The topological polar surface area (TPSA) is 35.2 Å². The average molecular weight is 223 g/mol. The van der Waals surface area contributed by atoms with Crippen molar-refractivity contribution in [3.05, 3.63) is 0 Å². The van der Waals surface area contributed by atoms with Crippen molar-refractivity contribution in [3.63, 3.8) is 0 Å². The zero-order valence-corrected chi connectivity index (χ0v) is 10.3. The number of ether oxygens (including phenoxy) is 1. The third-order valence-electron chi connectivity index (χ3n) is 5.36. The van der Waals surface area contributed by atoms with Crippen LogP contribution in [0.4, 0.5) is 0 Å². The van der Waals surface area contributed by atoms with Crippen molar-refractivity contribution >= 4 is 0 Å². The molecule has 1 aliphatic heterocycles. The molecule has 3 rings (SSSR count). The first-order valence-corrected chi connectivity index (χ1v) is 7.14. The van der Waals surface area contributed by atoms with E-state index in [4.69, 9.17) is 10.5 Å². The maximum atomic E-state index is 6.39. The van der Waals surface area contributed by atoms with Crippen molar-refractivity contribution in [2.24, 2.45) is 11.1 Å². The average Bonchev–Trinajstić information content (AvgIpc) is 2.84. The Labute approximate surface area is 98.9 Å². The molecule has 2 saturated carbocycles. The maximum absolute atomic E-state index is 6.39. The first kappa shape index (κ1) is 11.0. The molecular weight excluding hydrogens is 198 g/mol. The van der Waals surface area contributed by atoms with Crippen molar-refractivity contribution in [2.75, 3.05) is 6.54 Å². The molecule has 1 heterocycles. The van der Waals surface area contributed by atoms with Crippen LogP contribution < -0.4 is 5.73 Å². The summed E-state index contributed by atoms with van der Waals surface area (Å²) in [6, 6.07) is 0. The lowest BCUT2D eigenvalue weighted by molar-refractivity contribution is -0.0626. The summed E-state index contributed by atoms with van der Waals surface area (Å²) in [5, 5.41) is 0. The van der Waals surface area contributed by atoms with Crippen LogP contribution in [-0.4, -0.2) is 18.2 Å². The van der Waals surface area contributed by atoms with Crippen LogP contribution in [0.5, 0.6) is 0 Å². The second-order valence-corrected chi connectivity index (χ2v) is 6.43. The zero-order chi connectivity index (χ0) is 11.1. The standard InChI is InChI=1S/C14H25NO/c15-11-13(5-3-6-13)10-12-4-9-14(16-12)7-1-2-8-14/h12H,1-11,15H2. The normalized spacial score (nSPS) is 35.4. The molecule has 0 bridgehead atoms. The van der Waals surface area contributed by atoms with Crippen LogP contribution in [0.3, 0.4) is 0 Å². The third-order valence-corrected chi connectivity index (χ3v) is 5.36. The molecule has 0 radical (unpaired) electrons. The van der Waals surface area contributed by atoms with Crippen molar-refractivity contribution in [1.82, 2.24) is 0 Å². The Kier molecular flexibility index (Phi) is 2.75. The van der Waals surface area contributed by atoms with Crippen molar-refractivity contribution in [1.29, 1.82) is 0 Å². The summed E-state index contributed by atoms with van der Waals surface area (Å²) in [6.45, 7) is 0.875. The molecular formula is C14H25NO. The summed E-state index contributed by atoms with van der Waals surface area (Å²) < 4.78 is 6.39. The van der Waals surface area contributed by atoms with Crippen LogP contribution in [-0.2, 0) is 4.74 Å². The molecule has 2 nitrogen and oxygen atoms in total. The van der Waals surface area contributed by atoms with Crippen LogP contribution in [0.15, 0.2) is 0 Å². The molecule has 92 valence electrons. The lowest BCUT2D eigenvalue weighted by Gasteiger charge is -2.43. The summed E-state index contributed by atoms with van der Waals surface area (Å²) in [5.41, 5.74) is 6.71. The number of rotatable bonds is 3. The molecule has 1 saturated heterocycles. The number of hydrogen-bond acceptors (Lipinski definition) is 2. The van der Waals surface area contributed by atoms with Crippen molar-refractivity contribution in [2.45, 2.75) is 75.9 Å². The highest BCUT2D eigenvalue weighted by Crippen LogP contribution is 2.50. The lowest BCUT2D eigenvalue weighted by atomic mass is 9.65. The van der Waals surface area contributed by atoms with Gasteiger partial charge in [-0.25, -0.2) is 0 Å². The quantitative estimate of drug-likeness (QED) is 0.798. The Balaban J connectivity index is 1.57. The minimum Gasteiger partial charge on any atom is -0.372 e. The van der Waals surface area contributed by atoms with E-state index in [1.807, 2.05) is 0 Å². The van der Waals surface area contributed by atoms with Crippen LogP contribution in [0.2, 0.25) is 0 Å². The van der Waals surface area contributed by atoms with Crippen LogP contribution >= 0.6 is 0 Å². The highest BCUT2D eigenvalue weighted by Gasteiger charge is 2.46. The highest BCUT2D eigenvalue weighted by molar-refractivity contribution is 4.97. The fourth-order valence-corrected chi connectivity index (χ4v) is 4.08. The largest absolute Gasteiger partial charge is 0.372 e. The van der Waals surface area contributed by atoms with Gasteiger partial charge < -0.3 is 10.5 Å². The summed E-state index contributed by atoms with van der Waals surface area (Å²) in [7, 11) is 0. The first-order chi connectivity index (χ1) is 7.76. The van der Waals surface area contributed by atoms with Gasteiger partial charge in [-0.1, -0.05) is 19.3 Å². The monoisotopic (exact) mass is 223 g/mol. The molecule has 0 aromatic carbocycles. The minimum atomic E-state index is 0.310. The summed E-state index contributed by atoms with van der Waals surface area (Å²) in [6.07, 6.45) is 13.9. The Hall–Kier alpha value is -0.0800.